The second kappa shape index (κ2) is 9.39. The Bertz CT molecular complexity index is 941. The molecule has 3 rings (SSSR count). The first-order valence-corrected chi connectivity index (χ1v) is 11.1. The van der Waals surface area contributed by atoms with Crippen molar-refractivity contribution < 1.29 is 22.7 Å². The Labute approximate surface area is 171 Å². The van der Waals surface area contributed by atoms with E-state index in [0.29, 0.717) is 49.7 Å². The van der Waals surface area contributed by atoms with Crippen LogP contribution in [0.2, 0.25) is 0 Å². The van der Waals surface area contributed by atoms with E-state index in [4.69, 9.17) is 9.47 Å². The maximum Gasteiger partial charge on any atom is 0.265 e. The minimum atomic E-state index is -3.65. The van der Waals surface area contributed by atoms with Gasteiger partial charge in [-0.3, -0.25) is 4.79 Å². The number of anilines is 1. The van der Waals surface area contributed by atoms with Gasteiger partial charge in [-0.15, -0.1) is 0 Å². The number of aryl methyl sites for hydroxylation is 1. The summed E-state index contributed by atoms with van der Waals surface area (Å²) in [6.07, 6.45) is -0.205. The van der Waals surface area contributed by atoms with Crippen LogP contribution in [-0.2, 0) is 19.6 Å². The molecule has 1 N–H and O–H groups in total. The number of amides is 1. The lowest BCUT2D eigenvalue weighted by Crippen LogP contribution is -2.40. The van der Waals surface area contributed by atoms with Crippen molar-refractivity contribution in [3.63, 3.8) is 0 Å². The lowest BCUT2D eigenvalue weighted by molar-refractivity contribution is -0.122. The molecule has 0 bridgehead atoms. The molecule has 7 nitrogen and oxygen atoms in total. The van der Waals surface area contributed by atoms with E-state index in [0.717, 1.165) is 0 Å². The van der Waals surface area contributed by atoms with E-state index in [1.807, 2.05) is 25.1 Å². The van der Waals surface area contributed by atoms with Gasteiger partial charge < -0.3 is 14.8 Å². The van der Waals surface area contributed by atoms with Crippen molar-refractivity contribution in [2.24, 2.45) is 0 Å². The summed E-state index contributed by atoms with van der Waals surface area (Å²) in [6.45, 7) is 5.00. The molecule has 2 aromatic rings. The minimum Gasteiger partial charge on any atom is -0.481 e. The Morgan fingerprint density at radius 3 is 2.52 bits per heavy atom. The third-order valence-corrected chi connectivity index (χ3v) is 6.77. The molecule has 156 valence electrons. The van der Waals surface area contributed by atoms with Gasteiger partial charge >= 0.3 is 0 Å². The van der Waals surface area contributed by atoms with E-state index < -0.39 is 16.1 Å². The number of carbonyl (C=O) groups excluding carboxylic acids is 1. The normalized spacial score (nSPS) is 16.2. The first-order valence-electron chi connectivity index (χ1n) is 9.63. The summed E-state index contributed by atoms with van der Waals surface area (Å²) in [5.41, 5.74) is 1.05. The van der Waals surface area contributed by atoms with Crippen molar-refractivity contribution in [2.75, 3.05) is 31.6 Å². The smallest absolute Gasteiger partial charge is 0.265 e. The van der Waals surface area contributed by atoms with Crippen LogP contribution < -0.4 is 10.1 Å². The second-order valence-corrected chi connectivity index (χ2v) is 8.72. The van der Waals surface area contributed by atoms with Gasteiger partial charge in [0.05, 0.1) is 18.1 Å². The summed E-state index contributed by atoms with van der Waals surface area (Å²) in [7, 11) is -3.65. The molecule has 0 radical (unpaired) electrons. The number of nitrogens with one attached hydrogen (secondary N) is 1. The summed E-state index contributed by atoms with van der Waals surface area (Å²) >= 11 is 0. The molecule has 0 aromatic heterocycles. The van der Waals surface area contributed by atoms with Gasteiger partial charge in [0.2, 0.25) is 10.0 Å². The summed E-state index contributed by atoms with van der Waals surface area (Å²) in [5, 5.41) is 2.78. The standard InChI is InChI=1S/C21H26N2O5S/c1-3-19(28-18-7-5-4-6-8-18)21(24)22-17-10-9-16(2)20(15-17)29(25,26)23-11-13-27-14-12-23/h4-10,15,19H,3,11-14H2,1-2H3,(H,22,24)/t19-/m1/s1. The number of hydrogen-bond donors (Lipinski definition) is 1. The summed E-state index contributed by atoms with van der Waals surface area (Å²) in [5.74, 6) is 0.281. The highest BCUT2D eigenvalue weighted by Crippen LogP contribution is 2.25. The second-order valence-electron chi connectivity index (χ2n) is 6.81. The average Bonchev–Trinajstić information content (AvgIpc) is 2.74. The zero-order valence-corrected chi connectivity index (χ0v) is 17.4. The molecule has 2 aromatic carbocycles. The summed E-state index contributed by atoms with van der Waals surface area (Å²) in [6, 6.07) is 14.0. The van der Waals surface area contributed by atoms with Crippen LogP contribution in [0.15, 0.2) is 53.4 Å². The Kier molecular flexibility index (Phi) is 6.89. The predicted octanol–water partition coefficient (Wildman–Crippen LogP) is 2.81. The van der Waals surface area contributed by atoms with Crippen LogP contribution in [0.3, 0.4) is 0 Å². The number of rotatable bonds is 7. The molecule has 29 heavy (non-hydrogen) atoms. The molecular weight excluding hydrogens is 392 g/mol. The third-order valence-electron chi connectivity index (χ3n) is 4.73. The molecule has 1 heterocycles. The van der Waals surface area contributed by atoms with Gasteiger partial charge in [-0.2, -0.15) is 4.31 Å². The number of benzene rings is 2. The average molecular weight is 419 g/mol. The Morgan fingerprint density at radius 2 is 1.86 bits per heavy atom. The van der Waals surface area contributed by atoms with Crippen LogP contribution in [0, 0.1) is 6.92 Å². The third kappa shape index (κ3) is 5.14. The highest BCUT2D eigenvalue weighted by Gasteiger charge is 2.28. The zero-order chi connectivity index (χ0) is 20.9. The van der Waals surface area contributed by atoms with E-state index in [1.165, 1.54) is 10.4 Å². The van der Waals surface area contributed by atoms with E-state index in [9.17, 15) is 13.2 Å². The molecule has 0 saturated carbocycles. The molecule has 1 aliphatic rings. The molecule has 8 heteroatoms. The van der Waals surface area contributed by atoms with Crippen LogP contribution in [-0.4, -0.2) is 51.0 Å². The predicted molar refractivity (Wildman–Crippen MR) is 111 cm³/mol. The van der Waals surface area contributed by atoms with Gasteiger partial charge in [-0.05, 0) is 43.2 Å². The minimum absolute atomic E-state index is 0.189. The first kappa shape index (κ1) is 21.3. The zero-order valence-electron chi connectivity index (χ0n) is 16.6. The lowest BCUT2D eigenvalue weighted by atomic mass is 10.2. The van der Waals surface area contributed by atoms with Crippen LogP contribution in [0.1, 0.15) is 18.9 Å². The van der Waals surface area contributed by atoms with Crippen molar-refractivity contribution in [1.29, 1.82) is 0 Å². The van der Waals surface area contributed by atoms with Crippen molar-refractivity contribution in [3.8, 4) is 5.75 Å². The number of ether oxygens (including phenoxy) is 2. The number of hydrogen-bond acceptors (Lipinski definition) is 5. The molecule has 1 saturated heterocycles. The van der Waals surface area contributed by atoms with Crippen LogP contribution in [0.5, 0.6) is 5.75 Å². The van der Waals surface area contributed by atoms with Gasteiger partial charge in [-0.25, -0.2) is 8.42 Å². The molecule has 1 fully saturated rings. The van der Waals surface area contributed by atoms with Crippen LogP contribution >= 0.6 is 0 Å². The highest BCUT2D eigenvalue weighted by atomic mass is 32.2. The molecular formula is C21H26N2O5S. The van der Waals surface area contributed by atoms with Gasteiger partial charge in [0.1, 0.15) is 5.75 Å². The summed E-state index contributed by atoms with van der Waals surface area (Å²) in [4.78, 5) is 12.9. The molecule has 0 unspecified atom stereocenters. The van der Waals surface area contributed by atoms with Crippen molar-refractivity contribution in [1.82, 2.24) is 4.31 Å². The van der Waals surface area contributed by atoms with E-state index >= 15 is 0 Å². The van der Waals surface area contributed by atoms with E-state index in [1.54, 1.807) is 31.2 Å². The van der Waals surface area contributed by atoms with Gasteiger partial charge in [0, 0.05) is 18.8 Å². The van der Waals surface area contributed by atoms with E-state index in [2.05, 4.69) is 5.32 Å². The molecule has 1 aliphatic heterocycles. The fourth-order valence-corrected chi connectivity index (χ4v) is 4.75. The maximum absolute atomic E-state index is 13.0. The number of morpholine rings is 1. The Hall–Kier alpha value is -2.42. The monoisotopic (exact) mass is 418 g/mol. The number of nitrogens with zero attached hydrogens (tertiary/aromatic N) is 1. The number of carbonyl (C=O) groups is 1. The largest absolute Gasteiger partial charge is 0.481 e. The maximum atomic E-state index is 13.0. The number of para-hydroxylation sites is 1. The fourth-order valence-electron chi connectivity index (χ4n) is 3.09. The topological polar surface area (TPSA) is 84.9 Å². The molecule has 0 spiro atoms. The van der Waals surface area contributed by atoms with Gasteiger partial charge in [0.25, 0.3) is 5.91 Å². The van der Waals surface area contributed by atoms with Gasteiger partial charge in [-0.1, -0.05) is 31.2 Å². The fraction of sp³-hybridized carbons (Fsp3) is 0.381. The van der Waals surface area contributed by atoms with E-state index in [-0.39, 0.29) is 10.8 Å². The SMILES string of the molecule is CC[C@@H](Oc1ccccc1)C(=O)Nc1ccc(C)c(S(=O)(=O)N2CCOCC2)c1. The van der Waals surface area contributed by atoms with Crippen molar-refractivity contribution >= 4 is 21.6 Å². The van der Waals surface area contributed by atoms with Crippen molar-refractivity contribution in [3.05, 3.63) is 54.1 Å². The van der Waals surface area contributed by atoms with Crippen LogP contribution in [0.25, 0.3) is 0 Å². The summed E-state index contributed by atoms with van der Waals surface area (Å²) < 4.78 is 38.4. The molecule has 1 atom stereocenters. The Morgan fingerprint density at radius 1 is 1.17 bits per heavy atom. The van der Waals surface area contributed by atoms with Crippen molar-refractivity contribution in [2.45, 2.75) is 31.3 Å². The van der Waals surface area contributed by atoms with Gasteiger partial charge in [0.15, 0.2) is 6.10 Å². The molecule has 1 amide bonds. The quantitative estimate of drug-likeness (QED) is 0.747. The van der Waals surface area contributed by atoms with Crippen LogP contribution in [0.4, 0.5) is 5.69 Å². The first-order chi connectivity index (χ1) is 13.9. The lowest BCUT2D eigenvalue weighted by Gasteiger charge is -2.27. The number of sulfonamides is 1. The highest BCUT2D eigenvalue weighted by molar-refractivity contribution is 7.89. The molecule has 0 aliphatic carbocycles. The Balaban J connectivity index is 1.77.